The van der Waals surface area contributed by atoms with E-state index in [4.69, 9.17) is 5.73 Å². The predicted octanol–water partition coefficient (Wildman–Crippen LogP) is 12.6. The van der Waals surface area contributed by atoms with Crippen LogP contribution in [0.25, 0.3) is 66.4 Å². The number of para-hydroxylation sites is 2. The first-order chi connectivity index (χ1) is 26.7. The number of hydrogen-bond donors (Lipinski definition) is 2. The second kappa shape index (κ2) is 14.6. The van der Waals surface area contributed by atoms with Crippen LogP contribution in [0, 0.1) is 0 Å². The quantitative estimate of drug-likeness (QED) is 0.166. The van der Waals surface area contributed by atoms with E-state index in [1.165, 1.54) is 38.6 Å². The molecule has 0 radical (unpaired) electrons. The highest BCUT2D eigenvalue weighted by Crippen LogP contribution is 2.37. The highest BCUT2D eigenvalue weighted by molar-refractivity contribution is 6.10. The van der Waals surface area contributed by atoms with E-state index in [0.717, 1.165) is 44.7 Å². The molecular formula is C51H39N3. The average molecular weight is 694 g/mol. The van der Waals surface area contributed by atoms with Crippen LogP contribution >= 0.6 is 0 Å². The van der Waals surface area contributed by atoms with Gasteiger partial charge in [0.25, 0.3) is 0 Å². The number of fused-ring (bicyclic) bond motifs is 3. The van der Waals surface area contributed by atoms with Crippen LogP contribution in [0.15, 0.2) is 218 Å². The SMILES string of the molecule is NC1C=CC=C/C1=C(/C=C/Nc1cc(-c2ccc(-c3ccc4c(c3)c3ccccc3n4-c3ccccc3)cc2)ccc1-c1ccccc1)c1ccccc1. The highest BCUT2D eigenvalue weighted by atomic mass is 15.0. The van der Waals surface area contributed by atoms with Crippen molar-refractivity contribution < 1.29 is 0 Å². The maximum Gasteiger partial charge on any atom is 0.0541 e. The van der Waals surface area contributed by atoms with Crippen LogP contribution < -0.4 is 11.1 Å². The molecule has 1 atom stereocenters. The molecule has 54 heavy (non-hydrogen) atoms. The van der Waals surface area contributed by atoms with Crippen molar-refractivity contribution >= 4 is 33.1 Å². The number of nitrogens with two attached hydrogens (primary N) is 1. The van der Waals surface area contributed by atoms with E-state index in [1.807, 2.05) is 30.5 Å². The molecule has 0 bridgehead atoms. The molecule has 0 spiro atoms. The van der Waals surface area contributed by atoms with Crippen molar-refractivity contribution in [2.24, 2.45) is 5.73 Å². The molecule has 1 aromatic heterocycles. The van der Waals surface area contributed by atoms with Crippen molar-refractivity contribution in [2.45, 2.75) is 6.04 Å². The number of anilines is 1. The molecule has 0 saturated heterocycles. The van der Waals surface area contributed by atoms with Crippen molar-refractivity contribution in [2.75, 3.05) is 5.32 Å². The number of rotatable bonds is 8. The lowest BCUT2D eigenvalue weighted by atomic mass is 9.92. The molecule has 1 unspecified atom stereocenters. The Labute approximate surface area is 316 Å². The third kappa shape index (κ3) is 6.38. The molecule has 9 rings (SSSR count). The second-order valence-electron chi connectivity index (χ2n) is 13.6. The lowest BCUT2D eigenvalue weighted by molar-refractivity contribution is 0.975. The van der Waals surface area contributed by atoms with Crippen molar-refractivity contribution in [3.05, 3.63) is 224 Å². The standard InChI is InChI=1S/C51H39N3/c52-48-22-12-10-20-45(48)43(38-14-4-1-5-15-38)32-33-53-49-35-41(28-30-44(49)39-16-6-2-7-17-39)37-26-24-36(25-27-37)40-29-31-51-47(34-40)46-21-11-13-23-50(46)54(51)42-18-8-3-9-19-42/h1-35,48,53H,52H2/b33-32+,45-43+. The minimum absolute atomic E-state index is 0.169. The van der Waals surface area contributed by atoms with Gasteiger partial charge in [-0.2, -0.15) is 0 Å². The molecule has 1 aliphatic rings. The fraction of sp³-hybridized carbons (Fsp3) is 0.0196. The summed E-state index contributed by atoms with van der Waals surface area (Å²) in [6, 6.07) is 62.5. The van der Waals surface area contributed by atoms with Crippen molar-refractivity contribution in [1.29, 1.82) is 0 Å². The molecule has 3 heteroatoms. The molecule has 8 aromatic rings. The normalized spacial score (nSPS) is 14.9. The van der Waals surface area contributed by atoms with E-state index >= 15 is 0 Å². The average Bonchev–Trinajstić information content (AvgIpc) is 3.57. The summed E-state index contributed by atoms with van der Waals surface area (Å²) in [4.78, 5) is 0. The van der Waals surface area contributed by atoms with E-state index in [2.05, 4.69) is 192 Å². The molecule has 258 valence electrons. The first-order valence-corrected chi connectivity index (χ1v) is 18.4. The number of nitrogens with one attached hydrogen (secondary N) is 1. The van der Waals surface area contributed by atoms with Crippen molar-refractivity contribution in [3.8, 4) is 39.1 Å². The van der Waals surface area contributed by atoms with Gasteiger partial charge >= 0.3 is 0 Å². The molecule has 0 saturated carbocycles. The topological polar surface area (TPSA) is 43.0 Å². The van der Waals surface area contributed by atoms with Gasteiger partial charge in [0.1, 0.15) is 0 Å². The molecule has 0 aliphatic heterocycles. The van der Waals surface area contributed by atoms with Gasteiger partial charge in [0, 0.05) is 40.0 Å². The van der Waals surface area contributed by atoms with Crippen LogP contribution in [-0.2, 0) is 0 Å². The summed E-state index contributed by atoms with van der Waals surface area (Å²) >= 11 is 0. The molecule has 1 heterocycles. The van der Waals surface area contributed by atoms with Crippen LogP contribution in [-0.4, -0.2) is 10.6 Å². The summed E-state index contributed by atoms with van der Waals surface area (Å²) in [5.74, 6) is 0. The minimum atomic E-state index is -0.169. The van der Waals surface area contributed by atoms with Gasteiger partial charge in [0.15, 0.2) is 0 Å². The summed E-state index contributed by atoms with van der Waals surface area (Å²) < 4.78 is 2.36. The van der Waals surface area contributed by atoms with Crippen LogP contribution in [0.5, 0.6) is 0 Å². The van der Waals surface area contributed by atoms with Crippen molar-refractivity contribution in [1.82, 2.24) is 4.57 Å². The van der Waals surface area contributed by atoms with E-state index in [1.54, 1.807) is 0 Å². The van der Waals surface area contributed by atoms with Gasteiger partial charge in [-0.25, -0.2) is 0 Å². The molecule has 3 nitrogen and oxygen atoms in total. The Morgan fingerprint density at radius 3 is 1.89 bits per heavy atom. The predicted molar refractivity (Wildman–Crippen MR) is 229 cm³/mol. The fourth-order valence-corrected chi connectivity index (χ4v) is 7.59. The van der Waals surface area contributed by atoms with Gasteiger partial charge in [0.05, 0.1) is 11.0 Å². The molecular weight excluding hydrogens is 655 g/mol. The summed E-state index contributed by atoms with van der Waals surface area (Å²) in [6.07, 6.45) is 12.4. The number of aromatic nitrogens is 1. The summed E-state index contributed by atoms with van der Waals surface area (Å²) in [5.41, 5.74) is 21.4. The number of nitrogens with zero attached hydrogens (tertiary/aromatic N) is 1. The van der Waals surface area contributed by atoms with Crippen LogP contribution in [0.3, 0.4) is 0 Å². The van der Waals surface area contributed by atoms with Crippen LogP contribution in [0.4, 0.5) is 5.69 Å². The zero-order chi connectivity index (χ0) is 36.3. The molecule has 1 aliphatic carbocycles. The zero-order valence-corrected chi connectivity index (χ0v) is 29.8. The maximum atomic E-state index is 6.55. The van der Waals surface area contributed by atoms with E-state index in [0.29, 0.717) is 0 Å². The van der Waals surface area contributed by atoms with Gasteiger partial charge in [-0.3, -0.25) is 0 Å². The highest BCUT2D eigenvalue weighted by Gasteiger charge is 2.15. The Balaban J connectivity index is 1.05. The zero-order valence-electron chi connectivity index (χ0n) is 29.8. The van der Waals surface area contributed by atoms with Gasteiger partial charge in [-0.05, 0) is 87.0 Å². The van der Waals surface area contributed by atoms with Gasteiger partial charge in [0.2, 0.25) is 0 Å². The van der Waals surface area contributed by atoms with Gasteiger partial charge in [-0.15, -0.1) is 0 Å². The smallest absolute Gasteiger partial charge is 0.0541 e. The van der Waals surface area contributed by atoms with Crippen LogP contribution in [0.1, 0.15) is 5.56 Å². The summed E-state index contributed by atoms with van der Waals surface area (Å²) in [6.45, 7) is 0. The molecule has 7 aromatic carbocycles. The molecule has 0 amide bonds. The van der Waals surface area contributed by atoms with Gasteiger partial charge in [-0.1, -0.05) is 164 Å². The molecule has 0 fully saturated rings. The van der Waals surface area contributed by atoms with Crippen molar-refractivity contribution in [3.63, 3.8) is 0 Å². The van der Waals surface area contributed by atoms with Crippen LogP contribution in [0.2, 0.25) is 0 Å². The van der Waals surface area contributed by atoms with E-state index < -0.39 is 0 Å². The number of hydrogen-bond acceptors (Lipinski definition) is 2. The Hall–Kier alpha value is -6.94. The Bertz CT molecular complexity index is 2710. The third-order valence-corrected chi connectivity index (χ3v) is 10.3. The summed E-state index contributed by atoms with van der Waals surface area (Å²) in [7, 11) is 0. The lowest BCUT2D eigenvalue weighted by Crippen LogP contribution is -2.21. The first-order valence-electron chi connectivity index (χ1n) is 18.4. The van der Waals surface area contributed by atoms with Gasteiger partial charge < -0.3 is 15.6 Å². The number of benzene rings is 7. The minimum Gasteiger partial charge on any atom is -0.361 e. The van der Waals surface area contributed by atoms with E-state index in [-0.39, 0.29) is 6.04 Å². The largest absolute Gasteiger partial charge is 0.361 e. The maximum absolute atomic E-state index is 6.55. The second-order valence-corrected chi connectivity index (χ2v) is 13.6. The first kappa shape index (κ1) is 32.9. The monoisotopic (exact) mass is 693 g/mol. The Morgan fingerprint density at radius 1 is 0.537 bits per heavy atom. The summed E-state index contributed by atoms with van der Waals surface area (Å²) in [5, 5.41) is 6.16. The lowest BCUT2D eigenvalue weighted by Gasteiger charge is -2.17. The number of allylic oxidation sites excluding steroid dienone is 4. The Morgan fingerprint density at radius 2 is 1.15 bits per heavy atom. The fourth-order valence-electron chi connectivity index (χ4n) is 7.59. The third-order valence-electron chi connectivity index (χ3n) is 10.3. The Kier molecular flexibility index (Phi) is 8.90. The van der Waals surface area contributed by atoms with E-state index in [9.17, 15) is 0 Å². The molecule has 3 N–H and O–H groups in total.